The van der Waals surface area contributed by atoms with Crippen molar-refractivity contribution in [2.24, 2.45) is 11.7 Å². The van der Waals surface area contributed by atoms with Crippen LogP contribution in [0.15, 0.2) is 18.2 Å². The number of halogens is 1. The second-order valence-electron chi connectivity index (χ2n) is 5.60. The molecule has 0 saturated heterocycles. The Morgan fingerprint density at radius 3 is 2.89 bits per heavy atom. The highest BCUT2D eigenvalue weighted by molar-refractivity contribution is 6.30. The molecule has 3 rings (SSSR count). The van der Waals surface area contributed by atoms with E-state index in [0.29, 0.717) is 11.6 Å². The van der Waals surface area contributed by atoms with E-state index >= 15 is 0 Å². The summed E-state index contributed by atoms with van der Waals surface area (Å²) in [6.45, 7) is 2.64. The van der Waals surface area contributed by atoms with Crippen LogP contribution in [0.2, 0.25) is 5.02 Å². The molecular weight excluding hydrogens is 248 g/mol. The van der Waals surface area contributed by atoms with Crippen LogP contribution in [0.1, 0.15) is 24.5 Å². The molecule has 18 heavy (non-hydrogen) atoms. The quantitative estimate of drug-likeness (QED) is 0.842. The minimum Gasteiger partial charge on any atom is -0.341 e. The van der Waals surface area contributed by atoms with Gasteiger partial charge in [0.1, 0.15) is 0 Å². The summed E-state index contributed by atoms with van der Waals surface area (Å²) in [7, 11) is 1.86. The van der Waals surface area contributed by atoms with Gasteiger partial charge in [0.2, 0.25) is 5.91 Å². The molecule has 3 atom stereocenters. The summed E-state index contributed by atoms with van der Waals surface area (Å²) in [6, 6.07) is 5.90. The number of nitrogens with zero attached hydrogens (tertiary/aromatic N) is 1. The van der Waals surface area contributed by atoms with Crippen molar-refractivity contribution in [3.05, 3.63) is 34.3 Å². The monoisotopic (exact) mass is 264 g/mol. The first-order valence-electron chi connectivity index (χ1n) is 6.27. The average Bonchev–Trinajstić information content (AvgIpc) is 3.05. The molecule has 3 unspecified atom stereocenters. The Morgan fingerprint density at radius 2 is 2.28 bits per heavy atom. The van der Waals surface area contributed by atoms with Crippen LogP contribution in [0.3, 0.4) is 0 Å². The van der Waals surface area contributed by atoms with Gasteiger partial charge in [0.15, 0.2) is 0 Å². The van der Waals surface area contributed by atoms with Gasteiger partial charge >= 0.3 is 0 Å². The molecule has 0 bridgehead atoms. The van der Waals surface area contributed by atoms with E-state index in [4.69, 9.17) is 17.3 Å². The molecule has 1 aromatic carbocycles. The van der Waals surface area contributed by atoms with Crippen LogP contribution in [0.25, 0.3) is 0 Å². The van der Waals surface area contributed by atoms with Crippen LogP contribution >= 0.6 is 11.6 Å². The normalized spacial score (nSPS) is 31.4. The molecule has 1 aromatic rings. The highest BCUT2D eigenvalue weighted by Crippen LogP contribution is 2.59. The summed E-state index contributed by atoms with van der Waals surface area (Å²) < 4.78 is 0. The number of carbonyl (C=O) groups is 1. The third kappa shape index (κ3) is 1.44. The van der Waals surface area contributed by atoms with Gasteiger partial charge in [-0.15, -0.1) is 0 Å². The summed E-state index contributed by atoms with van der Waals surface area (Å²) in [5.41, 5.74) is 7.90. The van der Waals surface area contributed by atoms with Crippen LogP contribution in [0.4, 0.5) is 0 Å². The van der Waals surface area contributed by atoms with Gasteiger partial charge in [0.25, 0.3) is 0 Å². The highest BCUT2D eigenvalue weighted by atomic mass is 35.5. The van der Waals surface area contributed by atoms with Gasteiger partial charge in [-0.3, -0.25) is 4.79 Å². The van der Waals surface area contributed by atoms with Crippen molar-refractivity contribution >= 4 is 17.5 Å². The number of nitrogens with two attached hydrogens (primary N) is 1. The topological polar surface area (TPSA) is 46.3 Å². The lowest BCUT2D eigenvalue weighted by Crippen LogP contribution is -2.44. The molecule has 0 radical (unpaired) electrons. The van der Waals surface area contributed by atoms with Gasteiger partial charge in [-0.1, -0.05) is 17.7 Å². The molecule has 0 aromatic heterocycles. The predicted molar refractivity (Wildman–Crippen MR) is 71.4 cm³/mol. The molecular formula is C14H17ClN2O. The fraction of sp³-hybridized carbons (Fsp3) is 0.500. The maximum Gasteiger partial charge on any atom is 0.233 e. The fourth-order valence-electron chi connectivity index (χ4n) is 3.36. The van der Waals surface area contributed by atoms with Crippen LogP contribution in [-0.4, -0.2) is 23.9 Å². The van der Waals surface area contributed by atoms with Gasteiger partial charge in [0.05, 0.1) is 5.41 Å². The minimum absolute atomic E-state index is 0.0345. The van der Waals surface area contributed by atoms with Gasteiger partial charge in [-0.25, -0.2) is 0 Å². The zero-order chi connectivity index (χ0) is 13.1. The summed E-state index contributed by atoms with van der Waals surface area (Å²) in [6.07, 6.45) is 0.848. The number of benzene rings is 1. The lowest BCUT2D eigenvalue weighted by molar-refractivity contribution is -0.134. The first-order chi connectivity index (χ1) is 8.46. The van der Waals surface area contributed by atoms with Crippen LogP contribution in [-0.2, 0) is 16.8 Å². The number of carbonyl (C=O) groups excluding carboxylic acids is 1. The van der Waals surface area contributed by atoms with Crippen LogP contribution in [0, 0.1) is 5.92 Å². The van der Waals surface area contributed by atoms with Crippen molar-refractivity contribution in [1.29, 1.82) is 0 Å². The second kappa shape index (κ2) is 3.72. The van der Waals surface area contributed by atoms with E-state index in [1.165, 1.54) is 5.56 Å². The SMILES string of the molecule is CC(N)C1CC12C(=O)N(C)Cc1ccc(Cl)cc12. The number of fused-ring (bicyclic) bond motifs is 2. The maximum atomic E-state index is 12.5. The lowest BCUT2D eigenvalue weighted by Gasteiger charge is -2.33. The average molecular weight is 265 g/mol. The summed E-state index contributed by atoms with van der Waals surface area (Å²) >= 11 is 6.09. The van der Waals surface area contributed by atoms with Crippen molar-refractivity contribution < 1.29 is 4.79 Å². The van der Waals surface area contributed by atoms with Gasteiger partial charge < -0.3 is 10.6 Å². The third-order valence-electron chi connectivity index (χ3n) is 4.34. The van der Waals surface area contributed by atoms with Crippen molar-refractivity contribution in [2.75, 3.05) is 7.05 Å². The molecule has 1 aliphatic carbocycles. The molecule has 1 heterocycles. The van der Waals surface area contributed by atoms with E-state index in [1.807, 2.05) is 32.2 Å². The molecule has 1 amide bonds. The van der Waals surface area contributed by atoms with E-state index < -0.39 is 5.41 Å². The highest BCUT2D eigenvalue weighted by Gasteiger charge is 2.65. The van der Waals surface area contributed by atoms with Crippen LogP contribution < -0.4 is 5.73 Å². The number of hydrogen-bond donors (Lipinski definition) is 1. The smallest absolute Gasteiger partial charge is 0.233 e. The molecule has 1 aliphatic heterocycles. The molecule has 1 saturated carbocycles. The Balaban J connectivity index is 2.15. The molecule has 4 heteroatoms. The van der Waals surface area contributed by atoms with Crippen LogP contribution in [0.5, 0.6) is 0 Å². The predicted octanol–water partition coefficient (Wildman–Crippen LogP) is 1.92. The molecule has 1 fully saturated rings. The Kier molecular flexibility index (Phi) is 2.48. The van der Waals surface area contributed by atoms with Gasteiger partial charge in [0, 0.05) is 24.7 Å². The maximum absolute atomic E-state index is 12.5. The number of amides is 1. The third-order valence-corrected chi connectivity index (χ3v) is 4.57. The largest absolute Gasteiger partial charge is 0.341 e. The number of rotatable bonds is 1. The summed E-state index contributed by atoms with van der Waals surface area (Å²) in [4.78, 5) is 14.3. The zero-order valence-corrected chi connectivity index (χ0v) is 11.4. The van der Waals surface area contributed by atoms with Crippen molar-refractivity contribution in [1.82, 2.24) is 4.90 Å². The number of hydrogen-bond acceptors (Lipinski definition) is 2. The van der Waals surface area contributed by atoms with E-state index in [9.17, 15) is 4.79 Å². The first kappa shape index (κ1) is 12.0. The van der Waals surface area contributed by atoms with Gasteiger partial charge in [-0.2, -0.15) is 0 Å². The molecule has 2 aliphatic rings. The van der Waals surface area contributed by atoms with E-state index in [1.54, 1.807) is 4.90 Å². The summed E-state index contributed by atoms with van der Waals surface area (Å²) in [5.74, 6) is 0.435. The summed E-state index contributed by atoms with van der Waals surface area (Å²) in [5, 5.41) is 0.695. The molecule has 96 valence electrons. The molecule has 1 spiro atoms. The van der Waals surface area contributed by atoms with E-state index in [0.717, 1.165) is 12.0 Å². The van der Waals surface area contributed by atoms with Crippen molar-refractivity contribution in [2.45, 2.75) is 31.3 Å². The van der Waals surface area contributed by atoms with E-state index in [2.05, 4.69) is 0 Å². The van der Waals surface area contributed by atoms with E-state index in [-0.39, 0.29) is 17.9 Å². The minimum atomic E-state index is -0.401. The second-order valence-corrected chi connectivity index (χ2v) is 6.04. The standard InChI is InChI=1S/C14H17ClN2O/c1-8(16)12-6-14(12)11-5-10(15)4-3-9(11)7-17(2)13(14)18/h3-5,8,12H,6-7,16H2,1-2H3. The molecule has 2 N–H and O–H groups in total. The van der Waals surface area contributed by atoms with Crippen molar-refractivity contribution in [3.8, 4) is 0 Å². The zero-order valence-electron chi connectivity index (χ0n) is 10.6. The first-order valence-corrected chi connectivity index (χ1v) is 6.64. The Hall–Kier alpha value is -1.06. The van der Waals surface area contributed by atoms with Gasteiger partial charge in [-0.05, 0) is 42.5 Å². The Labute approximate surface area is 112 Å². The number of likely N-dealkylation sites (N-methyl/N-ethyl adjacent to an activating group) is 1. The lowest BCUT2D eigenvalue weighted by atomic mass is 9.83. The van der Waals surface area contributed by atoms with Crippen molar-refractivity contribution in [3.63, 3.8) is 0 Å². The fourth-order valence-corrected chi connectivity index (χ4v) is 3.54. The molecule has 3 nitrogen and oxygen atoms in total. The Bertz CT molecular complexity index is 529. The Morgan fingerprint density at radius 1 is 1.56 bits per heavy atom.